The van der Waals surface area contributed by atoms with Gasteiger partial charge >= 0.3 is 0 Å². The minimum Gasteiger partial charge on any atom is -0.394 e. The summed E-state index contributed by atoms with van der Waals surface area (Å²) in [6.45, 7) is 2.00. The minimum atomic E-state index is -0.313. The van der Waals surface area contributed by atoms with E-state index in [4.69, 9.17) is 0 Å². The number of hydrogen-bond donors (Lipinski definition) is 3. The zero-order valence-corrected chi connectivity index (χ0v) is 9.80. The maximum Gasteiger partial charge on any atom is 0.220 e. The number of carbonyl (C=O) groups excluding carboxylic acids is 1. The molecular weight excluding hydrogens is 204 g/mol. The number of aliphatic hydroxyl groups excluding tert-OH is 1. The first-order valence-corrected chi connectivity index (χ1v) is 6.37. The Morgan fingerprint density at radius 2 is 2.00 bits per heavy atom. The summed E-state index contributed by atoms with van der Waals surface area (Å²) in [5.74, 6) is 0.613. The third-order valence-electron chi connectivity index (χ3n) is 3.86. The highest BCUT2D eigenvalue weighted by Crippen LogP contribution is 2.28. The lowest BCUT2D eigenvalue weighted by Gasteiger charge is -2.37. The third-order valence-corrected chi connectivity index (χ3v) is 3.86. The van der Waals surface area contributed by atoms with Gasteiger partial charge in [-0.05, 0) is 31.8 Å². The van der Waals surface area contributed by atoms with Gasteiger partial charge in [0.15, 0.2) is 0 Å². The second-order valence-electron chi connectivity index (χ2n) is 5.28. The van der Waals surface area contributed by atoms with Crippen LogP contribution >= 0.6 is 0 Å². The van der Waals surface area contributed by atoms with Crippen molar-refractivity contribution in [2.24, 2.45) is 5.92 Å². The normalized spacial score (nSPS) is 24.8. The van der Waals surface area contributed by atoms with E-state index in [1.165, 1.54) is 6.42 Å². The Morgan fingerprint density at radius 1 is 1.31 bits per heavy atom. The molecule has 0 bridgehead atoms. The van der Waals surface area contributed by atoms with Gasteiger partial charge in [0.1, 0.15) is 0 Å². The first-order valence-electron chi connectivity index (χ1n) is 6.37. The van der Waals surface area contributed by atoms with Crippen molar-refractivity contribution in [1.82, 2.24) is 10.6 Å². The maximum atomic E-state index is 11.8. The number of amides is 1. The highest BCUT2D eigenvalue weighted by atomic mass is 16.3. The van der Waals surface area contributed by atoms with Crippen molar-refractivity contribution in [1.29, 1.82) is 0 Å². The molecule has 3 N–H and O–H groups in total. The van der Waals surface area contributed by atoms with Crippen LogP contribution in [0.5, 0.6) is 0 Å². The Morgan fingerprint density at radius 3 is 2.50 bits per heavy atom. The summed E-state index contributed by atoms with van der Waals surface area (Å²) < 4.78 is 0. The molecule has 1 aliphatic heterocycles. The summed E-state index contributed by atoms with van der Waals surface area (Å²) in [7, 11) is 0. The van der Waals surface area contributed by atoms with Crippen molar-refractivity contribution in [2.45, 2.75) is 44.1 Å². The fourth-order valence-corrected chi connectivity index (χ4v) is 2.65. The van der Waals surface area contributed by atoms with Crippen LogP contribution in [0.2, 0.25) is 0 Å². The number of hydrogen-bond acceptors (Lipinski definition) is 3. The Labute approximate surface area is 96.8 Å². The molecule has 0 aromatic carbocycles. The third kappa shape index (κ3) is 2.74. The molecule has 0 unspecified atom stereocenters. The molecule has 1 saturated carbocycles. The molecule has 1 saturated heterocycles. The number of rotatable bonds is 4. The molecule has 1 aliphatic carbocycles. The van der Waals surface area contributed by atoms with Gasteiger partial charge in [0.2, 0.25) is 5.91 Å². The summed E-state index contributed by atoms with van der Waals surface area (Å²) in [6.07, 6.45) is 5.92. The molecule has 0 aromatic rings. The average Bonchev–Trinajstić information content (AvgIpc) is 2.25. The summed E-state index contributed by atoms with van der Waals surface area (Å²) in [6, 6.07) is 0. The zero-order chi connectivity index (χ0) is 11.4. The highest BCUT2D eigenvalue weighted by Gasteiger charge is 2.33. The van der Waals surface area contributed by atoms with Crippen molar-refractivity contribution in [3.05, 3.63) is 0 Å². The van der Waals surface area contributed by atoms with Crippen molar-refractivity contribution < 1.29 is 9.90 Å². The van der Waals surface area contributed by atoms with Gasteiger partial charge in [0.05, 0.1) is 12.1 Å². The second kappa shape index (κ2) is 5.15. The van der Waals surface area contributed by atoms with Gasteiger partial charge in [-0.3, -0.25) is 4.79 Å². The van der Waals surface area contributed by atoms with E-state index >= 15 is 0 Å². The molecule has 1 amide bonds. The highest BCUT2D eigenvalue weighted by molar-refractivity contribution is 5.77. The zero-order valence-electron chi connectivity index (χ0n) is 9.80. The van der Waals surface area contributed by atoms with Crippen LogP contribution in [0.3, 0.4) is 0 Å². The van der Waals surface area contributed by atoms with Gasteiger partial charge < -0.3 is 15.7 Å². The van der Waals surface area contributed by atoms with Crippen LogP contribution in [0.1, 0.15) is 38.5 Å². The van der Waals surface area contributed by atoms with Gasteiger partial charge in [-0.1, -0.05) is 19.3 Å². The van der Waals surface area contributed by atoms with Crippen molar-refractivity contribution in [3.8, 4) is 0 Å². The van der Waals surface area contributed by atoms with Gasteiger partial charge in [-0.15, -0.1) is 0 Å². The fourth-order valence-electron chi connectivity index (χ4n) is 2.65. The lowest BCUT2D eigenvalue weighted by Crippen LogP contribution is -2.54. The lowest BCUT2D eigenvalue weighted by atomic mass is 9.82. The minimum absolute atomic E-state index is 0.0850. The van der Waals surface area contributed by atoms with Crippen molar-refractivity contribution in [3.63, 3.8) is 0 Å². The number of aliphatic hydroxyl groups is 1. The molecule has 0 radical (unpaired) electrons. The van der Waals surface area contributed by atoms with Crippen LogP contribution in [0.4, 0.5) is 0 Å². The van der Waals surface area contributed by atoms with E-state index in [0.717, 1.165) is 38.8 Å². The maximum absolute atomic E-state index is 11.8. The molecule has 92 valence electrons. The molecule has 2 aliphatic rings. The van der Waals surface area contributed by atoms with E-state index in [1.807, 2.05) is 0 Å². The van der Waals surface area contributed by atoms with Gasteiger partial charge in [-0.25, -0.2) is 0 Å². The molecule has 4 heteroatoms. The predicted molar refractivity (Wildman–Crippen MR) is 62.0 cm³/mol. The Balaban J connectivity index is 1.82. The molecule has 16 heavy (non-hydrogen) atoms. The van der Waals surface area contributed by atoms with Crippen molar-refractivity contribution in [2.75, 3.05) is 19.7 Å². The lowest BCUT2D eigenvalue weighted by molar-refractivity contribution is -0.125. The molecule has 4 nitrogen and oxygen atoms in total. The topological polar surface area (TPSA) is 61.4 Å². The first-order chi connectivity index (χ1) is 7.74. The average molecular weight is 226 g/mol. The molecule has 0 atom stereocenters. The summed E-state index contributed by atoms with van der Waals surface area (Å²) in [5, 5.41) is 15.7. The first kappa shape index (κ1) is 11.9. The van der Waals surface area contributed by atoms with Crippen LogP contribution in [-0.2, 0) is 4.79 Å². The van der Waals surface area contributed by atoms with E-state index in [-0.39, 0.29) is 18.1 Å². The van der Waals surface area contributed by atoms with Crippen molar-refractivity contribution >= 4 is 5.91 Å². The molecular formula is C12H22N2O2. The fraction of sp³-hybridized carbons (Fsp3) is 0.917. The number of carbonyl (C=O) groups is 1. The molecule has 1 heterocycles. The van der Waals surface area contributed by atoms with Gasteiger partial charge in [0.25, 0.3) is 0 Å². The standard InChI is InChI=1S/C12H22N2O2/c15-9-12(4-2-1-3-5-12)14-11(16)6-10-7-13-8-10/h10,13,15H,1-9H2,(H,14,16). The van der Waals surface area contributed by atoms with Crippen LogP contribution in [0.25, 0.3) is 0 Å². The van der Waals surface area contributed by atoms with E-state index in [9.17, 15) is 9.90 Å². The Kier molecular flexibility index (Phi) is 3.82. The van der Waals surface area contributed by atoms with Crippen LogP contribution in [-0.4, -0.2) is 36.2 Å². The smallest absolute Gasteiger partial charge is 0.220 e. The molecule has 0 aromatic heterocycles. The SMILES string of the molecule is O=C(CC1CNC1)NC1(CO)CCCCC1. The van der Waals surface area contributed by atoms with Crippen LogP contribution < -0.4 is 10.6 Å². The van der Waals surface area contributed by atoms with E-state index < -0.39 is 0 Å². The van der Waals surface area contributed by atoms with Crippen LogP contribution in [0.15, 0.2) is 0 Å². The monoisotopic (exact) mass is 226 g/mol. The van der Waals surface area contributed by atoms with Gasteiger partial charge in [0, 0.05) is 6.42 Å². The summed E-state index contributed by atoms with van der Waals surface area (Å²) >= 11 is 0. The Bertz CT molecular complexity index is 245. The van der Waals surface area contributed by atoms with Crippen LogP contribution in [0, 0.1) is 5.92 Å². The predicted octanol–water partition coefficient (Wildman–Crippen LogP) is 0.407. The Hall–Kier alpha value is -0.610. The molecule has 2 fully saturated rings. The molecule has 0 spiro atoms. The quantitative estimate of drug-likeness (QED) is 0.650. The molecule has 2 rings (SSSR count). The summed E-state index contributed by atoms with van der Waals surface area (Å²) in [5.41, 5.74) is -0.313. The van der Waals surface area contributed by atoms with Gasteiger partial charge in [-0.2, -0.15) is 0 Å². The largest absolute Gasteiger partial charge is 0.394 e. The van der Waals surface area contributed by atoms with E-state index in [2.05, 4.69) is 10.6 Å². The summed E-state index contributed by atoms with van der Waals surface area (Å²) in [4.78, 5) is 11.8. The van der Waals surface area contributed by atoms with E-state index in [0.29, 0.717) is 12.3 Å². The second-order valence-corrected chi connectivity index (χ2v) is 5.28. The number of nitrogens with one attached hydrogen (secondary N) is 2. The van der Waals surface area contributed by atoms with E-state index in [1.54, 1.807) is 0 Å².